The predicted molar refractivity (Wildman–Crippen MR) is 170 cm³/mol. The molecule has 0 heterocycles. The second kappa shape index (κ2) is 12.0. The Morgan fingerprint density at radius 3 is 0.974 bits per heavy atom. The standard InChI is InChI=1S/2C16H17OP.2ClH.Pd/c2*1-3-7-15(8-4-1)18(17-13-14-11-12-14)16-9-5-2-6-10-16;;;/h2*1-10,14H,11-13H2;2*1H;. The summed E-state index contributed by atoms with van der Waals surface area (Å²) in [6.07, 6.45) is 4.80. The van der Waals surface area contributed by atoms with E-state index < -0.39 is 23.9 Å². The van der Waals surface area contributed by atoms with Gasteiger partial charge in [0, 0.05) is 0 Å². The van der Waals surface area contributed by atoms with E-state index in [0.29, 0.717) is 25.0 Å². The molecular weight excluding hydrogens is 656 g/mol. The van der Waals surface area contributed by atoms with Crippen LogP contribution in [0.5, 0.6) is 0 Å². The summed E-state index contributed by atoms with van der Waals surface area (Å²) in [6.45, 7) is 1.37. The van der Waals surface area contributed by atoms with Crippen molar-refractivity contribution < 1.29 is 21.6 Å². The fourth-order valence-electron chi connectivity index (χ4n) is 4.99. The van der Waals surface area contributed by atoms with Crippen molar-refractivity contribution >= 4 is 51.6 Å². The maximum atomic E-state index is 8.32. The van der Waals surface area contributed by atoms with Crippen LogP contribution in [0.15, 0.2) is 121 Å². The molecule has 0 aliphatic heterocycles. The SMILES string of the molecule is [Cl][Pd]([Cl])([PH](OCC1CC1)(c1ccccc1)c1ccccc1)[PH](OCC1CC1)(c1ccccc1)c1ccccc1. The van der Waals surface area contributed by atoms with Crippen LogP contribution >= 0.6 is 30.4 Å². The molecule has 2 aliphatic carbocycles. The van der Waals surface area contributed by atoms with Crippen molar-refractivity contribution in [1.29, 1.82) is 0 Å². The third-order valence-corrected chi connectivity index (χ3v) is 48.7. The number of hydrogen-bond donors (Lipinski definition) is 0. The minimum absolute atomic E-state index is 0.571. The van der Waals surface area contributed by atoms with Gasteiger partial charge >= 0.3 is 245 Å². The van der Waals surface area contributed by atoms with Gasteiger partial charge in [0.05, 0.1) is 0 Å². The van der Waals surface area contributed by atoms with Crippen molar-refractivity contribution in [2.45, 2.75) is 25.7 Å². The molecule has 0 bridgehead atoms. The van der Waals surface area contributed by atoms with Crippen LogP contribution in [0.3, 0.4) is 0 Å². The van der Waals surface area contributed by atoms with E-state index in [1.165, 1.54) is 25.7 Å². The van der Waals surface area contributed by atoms with Gasteiger partial charge in [0.1, 0.15) is 0 Å². The van der Waals surface area contributed by atoms with Crippen LogP contribution in [0.1, 0.15) is 25.7 Å². The average Bonchev–Trinajstić information content (AvgIpc) is 3.92. The number of hydrogen-bond acceptors (Lipinski definition) is 2. The molecule has 2 fully saturated rings. The van der Waals surface area contributed by atoms with E-state index in [4.69, 9.17) is 28.1 Å². The fraction of sp³-hybridized carbons (Fsp3) is 0.250. The van der Waals surface area contributed by atoms with Crippen LogP contribution in [-0.4, -0.2) is 13.2 Å². The Labute approximate surface area is 243 Å². The van der Waals surface area contributed by atoms with Crippen LogP contribution in [-0.2, 0) is 21.6 Å². The Bertz CT molecular complexity index is 1170. The van der Waals surface area contributed by atoms with Gasteiger partial charge in [-0.2, -0.15) is 0 Å². The van der Waals surface area contributed by atoms with E-state index in [1.54, 1.807) is 0 Å². The molecule has 2 nitrogen and oxygen atoms in total. The Morgan fingerprint density at radius 2 is 0.744 bits per heavy atom. The molecule has 7 heteroatoms. The summed E-state index contributed by atoms with van der Waals surface area (Å²) in [5.74, 6) is 1.14. The van der Waals surface area contributed by atoms with Gasteiger partial charge in [0.15, 0.2) is 0 Å². The van der Waals surface area contributed by atoms with Crippen LogP contribution < -0.4 is 21.2 Å². The van der Waals surface area contributed by atoms with E-state index in [2.05, 4.69) is 121 Å². The molecule has 0 amide bonds. The van der Waals surface area contributed by atoms with Crippen LogP contribution in [0, 0.1) is 11.8 Å². The molecule has 0 aromatic heterocycles. The van der Waals surface area contributed by atoms with E-state index in [9.17, 15) is 0 Å². The summed E-state index contributed by atoms with van der Waals surface area (Å²) in [4.78, 5) is 0. The Morgan fingerprint density at radius 1 is 0.487 bits per heavy atom. The van der Waals surface area contributed by atoms with E-state index in [-0.39, 0.29) is 0 Å². The molecule has 210 valence electrons. The summed E-state index contributed by atoms with van der Waals surface area (Å²) < 4.78 is 14.7. The Balaban J connectivity index is 1.66. The minimum atomic E-state index is -3.70. The van der Waals surface area contributed by atoms with Gasteiger partial charge in [-0.25, -0.2) is 0 Å². The van der Waals surface area contributed by atoms with Gasteiger partial charge in [-0.05, 0) is 0 Å². The Hall–Kier alpha value is -1.10. The molecule has 0 spiro atoms. The molecule has 0 saturated heterocycles. The molecule has 0 unspecified atom stereocenters. The molecule has 4 aromatic rings. The fourth-order valence-corrected chi connectivity index (χ4v) is 51.7. The van der Waals surface area contributed by atoms with Gasteiger partial charge in [-0.1, -0.05) is 0 Å². The van der Waals surface area contributed by atoms with Gasteiger partial charge in [-0.3, -0.25) is 0 Å². The van der Waals surface area contributed by atoms with E-state index >= 15 is 0 Å². The van der Waals surface area contributed by atoms with Crippen molar-refractivity contribution in [3.8, 4) is 0 Å². The van der Waals surface area contributed by atoms with Gasteiger partial charge in [0.2, 0.25) is 0 Å². The van der Waals surface area contributed by atoms with Crippen molar-refractivity contribution in [3.63, 3.8) is 0 Å². The zero-order chi connectivity index (χ0) is 26.8. The second-order valence-corrected chi connectivity index (χ2v) is 41.1. The monoisotopic (exact) mass is 690 g/mol. The van der Waals surface area contributed by atoms with Gasteiger partial charge in [0.25, 0.3) is 0 Å². The number of rotatable bonds is 12. The molecule has 2 saturated carbocycles. The summed E-state index contributed by atoms with van der Waals surface area (Å²) in [5.41, 5.74) is -6.47. The molecule has 4 aromatic carbocycles. The van der Waals surface area contributed by atoms with E-state index in [0.717, 1.165) is 21.2 Å². The average molecular weight is 692 g/mol. The van der Waals surface area contributed by atoms with Gasteiger partial charge in [-0.15, -0.1) is 0 Å². The first-order valence-electron chi connectivity index (χ1n) is 13.6. The van der Waals surface area contributed by atoms with Crippen molar-refractivity contribution in [2.75, 3.05) is 13.2 Å². The second-order valence-electron chi connectivity index (χ2n) is 10.4. The molecule has 39 heavy (non-hydrogen) atoms. The molecular formula is C32H36Cl2O2P2Pd. The maximum absolute atomic E-state index is 8.32. The zero-order valence-electron chi connectivity index (χ0n) is 21.8. The van der Waals surface area contributed by atoms with Crippen molar-refractivity contribution in [3.05, 3.63) is 121 Å². The molecule has 0 N–H and O–H groups in total. The van der Waals surface area contributed by atoms with Crippen molar-refractivity contribution in [2.24, 2.45) is 11.8 Å². The molecule has 6 rings (SSSR count). The zero-order valence-corrected chi connectivity index (χ0v) is 26.9. The summed E-state index contributed by atoms with van der Waals surface area (Å²) >= 11 is -3.70. The Kier molecular flexibility index (Phi) is 8.64. The topological polar surface area (TPSA) is 18.5 Å². The summed E-state index contributed by atoms with van der Waals surface area (Å²) in [7, 11) is 16.6. The summed E-state index contributed by atoms with van der Waals surface area (Å²) in [6, 6.07) is 42.6. The van der Waals surface area contributed by atoms with Crippen LogP contribution in [0.25, 0.3) is 0 Å². The normalized spacial score (nSPS) is 17.5. The number of benzene rings is 4. The van der Waals surface area contributed by atoms with E-state index in [1.807, 2.05) is 0 Å². The predicted octanol–water partition coefficient (Wildman–Crippen LogP) is 7.76. The van der Waals surface area contributed by atoms with Gasteiger partial charge < -0.3 is 0 Å². The van der Waals surface area contributed by atoms with Crippen LogP contribution in [0.4, 0.5) is 0 Å². The number of halogens is 2. The third-order valence-electron chi connectivity index (χ3n) is 7.48. The molecule has 2 aliphatic rings. The molecule has 0 radical (unpaired) electrons. The first-order valence-corrected chi connectivity index (χ1v) is 25.7. The molecule has 0 atom stereocenters. The summed E-state index contributed by atoms with van der Waals surface area (Å²) in [5, 5.41) is 4.55. The first kappa shape index (κ1) is 28.0. The van der Waals surface area contributed by atoms with Crippen LogP contribution in [0.2, 0.25) is 0 Å². The quantitative estimate of drug-likeness (QED) is 0.112. The third kappa shape index (κ3) is 5.44. The van der Waals surface area contributed by atoms with Crippen molar-refractivity contribution in [1.82, 2.24) is 0 Å². The first-order chi connectivity index (χ1) is 19.1.